The number of hydrogen-bond acceptors (Lipinski definition) is 3. The SMILES string of the molecule is c1ccc(-c2ccc3c(c2)oc2ccc(N(c4ccc(-c5ccc6ccccc6c5)cc4)c4ccc(-c5ccccc5)c5oc6cc(-c7ccccc7)ccc6c45)cc23)cc1. The number of nitrogens with zero attached hydrogens (tertiary/aromatic N) is 1. The van der Waals surface area contributed by atoms with Gasteiger partial charge < -0.3 is 13.7 Å². The van der Waals surface area contributed by atoms with E-state index in [1.54, 1.807) is 0 Å². The lowest BCUT2D eigenvalue weighted by molar-refractivity contribution is 0.669. The number of fused-ring (bicyclic) bond motifs is 7. The van der Waals surface area contributed by atoms with Crippen molar-refractivity contribution >= 4 is 71.7 Å². The molecular formula is C58H37NO2. The van der Waals surface area contributed by atoms with Crippen molar-refractivity contribution in [1.29, 1.82) is 0 Å². The molecule has 0 saturated carbocycles. The number of anilines is 3. The Morgan fingerprint density at radius 3 is 1.54 bits per heavy atom. The summed E-state index contributed by atoms with van der Waals surface area (Å²) in [6.45, 7) is 0. The summed E-state index contributed by atoms with van der Waals surface area (Å²) < 4.78 is 13.5. The fraction of sp³-hybridized carbons (Fsp3) is 0. The molecule has 0 atom stereocenters. The number of benzene rings is 10. The van der Waals surface area contributed by atoms with Gasteiger partial charge in [0.15, 0.2) is 0 Å². The monoisotopic (exact) mass is 779 g/mol. The van der Waals surface area contributed by atoms with Gasteiger partial charge in [-0.3, -0.25) is 0 Å². The van der Waals surface area contributed by atoms with E-state index in [9.17, 15) is 0 Å². The Morgan fingerprint density at radius 2 is 0.836 bits per heavy atom. The largest absolute Gasteiger partial charge is 0.456 e. The molecule has 61 heavy (non-hydrogen) atoms. The normalized spacial score (nSPS) is 11.6. The summed E-state index contributed by atoms with van der Waals surface area (Å²) >= 11 is 0. The summed E-state index contributed by atoms with van der Waals surface area (Å²) in [6, 6.07) is 79.8. The standard InChI is InChI=1S/C58H37NO2/c1-4-12-38(13-5-1)45-24-29-50-52-37-48(28-33-54(52)60-55(50)35-45)59(47-26-22-41(23-27-47)44-21-20-40-16-10-11-19-43(40)34-44)53-32-31-49(42-17-8-3-9-18-42)58-57(53)51-30-25-46(36-56(51)61-58)39-14-6-2-7-15-39/h1-37H. The lowest BCUT2D eigenvalue weighted by atomic mass is 9.98. The molecule has 3 heteroatoms. The molecule has 0 unspecified atom stereocenters. The van der Waals surface area contributed by atoms with Gasteiger partial charge in [0.05, 0.1) is 11.1 Å². The van der Waals surface area contributed by atoms with Crippen molar-refractivity contribution in [2.45, 2.75) is 0 Å². The second-order valence-corrected chi connectivity index (χ2v) is 15.7. The molecule has 0 aliphatic heterocycles. The third-order valence-electron chi connectivity index (χ3n) is 12.1. The van der Waals surface area contributed by atoms with E-state index in [-0.39, 0.29) is 0 Å². The van der Waals surface area contributed by atoms with Crippen LogP contribution in [0.15, 0.2) is 233 Å². The highest BCUT2D eigenvalue weighted by Crippen LogP contribution is 2.48. The minimum absolute atomic E-state index is 0.845. The molecule has 3 nitrogen and oxygen atoms in total. The predicted molar refractivity (Wildman–Crippen MR) is 255 cm³/mol. The third-order valence-corrected chi connectivity index (χ3v) is 12.1. The lowest BCUT2D eigenvalue weighted by Gasteiger charge is -2.27. The van der Waals surface area contributed by atoms with Gasteiger partial charge in [-0.25, -0.2) is 0 Å². The number of hydrogen-bond donors (Lipinski definition) is 0. The van der Waals surface area contributed by atoms with E-state index in [4.69, 9.17) is 8.83 Å². The Bertz CT molecular complexity index is 3570. The molecule has 10 aromatic carbocycles. The van der Waals surface area contributed by atoms with Gasteiger partial charge in [-0.2, -0.15) is 0 Å². The molecule has 0 bridgehead atoms. The van der Waals surface area contributed by atoms with Gasteiger partial charge in [-0.15, -0.1) is 0 Å². The van der Waals surface area contributed by atoms with E-state index in [0.29, 0.717) is 0 Å². The Hall–Kier alpha value is -8.14. The quantitative estimate of drug-likeness (QED) is 0.161. The zero-order chi connectivity index (χ0) is 40.3. The van der Waals surface area contributed by atoms with Crippen LogP contribution in [0.5, 0.6) is 0 Å². The summed E-state index contributed by atoms with van der Waals surface area (Å²) in [7, 11) is 0. The minimum atomic E-state index is 0.845. The van der Waals surface area contributed by atoms with Gasteiger partial charge in [0.2, 0.25) is 0 Å². The van der Waals surface area contributed by atoms with Crippen molar-refractivity contribution < 1.29 is 8.83 Å². The summed E-state index contributed by atoms with van der Waals surface area (Å²) in [5, 5.41) is 6.72. The molecule has 2 aromatic heterocycles. The van der Waals surface area contributed by atoms with E-state index in [0.717, 1.165) is 99.9 Å². The maximum absolute atomic E-state index is 7.00. The molecule has 286 valence electrons. The summed E-state index contributed by atoms with van der Waals surface area (Å²) in [5.74, 6) is 0. The molecule has 0 fully saturated rings. The van der Waals surface area contributed by atoms with Crippen LogP contribution >= 0.6 is 0 Å². The van der Waals surface area contributed by atoms with Crippen LogP contribution < -0.4 is 4.90 Å². The van der Waals surface area contributed by atoms with E-state index in [2.05, 4.69) is 223 Å². The maximum atomic E-state index is 7.00. The van der Waals surface area contributed by atoms with Crippen LogP contribution in [0.4, 0.5) is 17.1 Å². The Morgan fingerprint density at radius 1 is 0.295 bits per heavy atom. The van der Waals surface area contributed by atoms with E-state index < -0.39 is 0 Å². The first-order valence-corrected chi connectivity index (χ1v) is 20.7. The molecular weight excluding hydrogens is 743 g/mol. The zero-order valence-electron chi connectivity index (χ0n) is 33.1. The van der Waals surface area contributed by atoms with Crippen LogP contribution in [-0.2, 0) is 0 Å². The van der Waals surface area contributed by atoms with Crippen LogP contribution in [0.2, 0.25) is 0 Å². The molecule has 0 amide bonds. The topological polar surface area (TPSA) is 29.5 Å². The number of furan rings is 2. The van der Waals surface area contributed by atoms with Crippen LogP contribution in [0, 0.1) is 0 Å². The highest BCUT2D eigenvalue weighted by atomic mass is 16.3. The average molecular weight is 780 g/mol. The second kappa shape index (κ2) is 14.3. The summed E-state index contributed by atoms with van der Waals surface area (Å²) in [4.78, 5) is 2.37. The van der Waals surface area contributed by atoms with Gasteiger partial charge in [0.1, 0.15) is 22.3 Å². The molecule has 0 aliphatic rings. The van der Waals surface area contributed by atoms with Crippen LogP contribution in [0.25, 0.3) is 99.2 Å². The van der Waals surface area contributed by atoms with Gasteiger partial charge >= 0.3 is 0 Å². The fourth-order valence-corrected chi connectivity index (χ4v) is 9.02. The van der Waals surface area contributed by atoms with Gasteiger partial charge in [0, 0.05) is 33.1 Å². The molecule has 12 rings (SSSR count). The molecule has 0 N–H and O–H groups in total. The Labute approximate surface area is 353 Å². The van der Waals surface area contributed by atoms with Gasteiger partial charge in [-0.05, 0) is 123 Å². The molecule has 12 aromatic rings. The van der Waals surface area contributed by atoms with Crippen molar-refractivity contribution in [2.24, 2.45) is 0 Å². The summed E-state index contributed by atoms with van der Waals surface area (Å²) in [5.41, 5.74) is 15.5. The highest BCUT2D eigenvalue weighted by molar-refractivity contribution is 6.18. The smallest absolute Gasteiger partial charge is 0.145 e. The molecule has 0 aliphatic carbocycles. The summed E-state index contributed by atoms with van der Waals surface area (Å²) in [6.07, 6.45) is 0. The van der Waals surface area contributed by atoms with Crippen molar-refractivity contribution in [3.63, 3.8) is 0 Å². The second-order valence-electron chi connectivity index (χ2n) is 15.7. The van der Waals surface area contributed by atoms with Crippen molar-refractivity contribution in [1.82, 2.24) is 0 Å². The Balaban J connectivity index is 1.07. The number of rotatable bonds is 7. The van der Waals surface area contributed by atoms with Crippen molar-refractivity contribution in [3.8, 4) is 44.5 Å². The van der Waals surface area contributed by atoms with Crippen LogP contribution in [-0.4, -0.2) is 0 Å². The maximum Gasteiger partial charge on any atom is 0.145 e. The predicted octanol–water partition coefficient (Wildman–Crippen LogP) is 16.8. The minimum Gasteiger partial charge on any atom is -0.456 e. The van der Waals surface area contributed by atoms with E-state index in [1.807, 2.05) is 6.07 Å². The third kappa shape index (κ3) is 6.06. The van der Waals surface area contributed by atoms with Crippen molar-refractivity contribution in [2.75, 3.05) is 4.90 Å². The van der Waals surface area contributed by atoms with Crippen LogP contribution in [0.3, 0.4) is 0 Å². The van der Waals surface area contributed by atoms with E-state index >= 15 is 0 Å². The molecule has 0 radical (unpaired) electrons. The first-order chi connectivity index (χ1) is 30.2. The molecule has 2 heterocycles. The van der Waals surface area contributed by atoms with Gasteiger partial charge in [-0.1, -0.05) is 152 Å². The highest BCUT2D eigenvalue weighted by Gasteiger charge is 2.24. The Kier molecular flexibility index (Phi) is 8.17. The van der Waals surface area contributed by atoms with Crippen molar-refractivity contribution in [3.05, 3.63) is 224 Å². The van der Waals surface area contributed by atoms with Crippen LogP contribution in [0.1, 0.15) is 0 Å². The molecule has 0 saturated heterocycles. The lowest BCUT2D eigenvalue weighted by Crippen LogP contribution is -2.10. The fourth-order valence-electron chi connectivity index (χ4n) is 9.02. The van der Waals surface area contributed by atoms with Gasteiger partial charge in [0.25, 0.3) is 0 Å². The van der Waals surface area contributed by atoms with E-state index in [1.165, 1.54) is 16.3 Å². The first kappa shape index (κ1) is 34.9. The first-order valence-electron chi connectivity index (χ1n) is 20.7. The zero-order valence-corrected chi connectivity index (χ0v) is 33.1. The molecule has 0 spiro atoms. The average Bonchev–Trinajstić information content (AvgIpc) is 3.90.